The van der Waals surface area contributed by atoms with E-state index in [0.29, 0.717) is 17.9 Å². The van der Waals surface area contributed by atoms with Crippen LogP contribution in [0.5, 0.6) is 0 Å². The van der Waals surface area contributed by atoms with Crippen LogP contribution in [-0.2, 0) is 16.0 Å². The summed E-state index contributed by atoms with van der Waals surface area (Å²) in [6.45, 7) is 0.904. The molecule has 2 rings (SSSR count). The Kier molecular flexibility index (Phi) is 5.28. The smallest absolute Gasteiger partial charge is 0.355 e. The molecule has 23 heavy (non-hydrogen) atoms. The maximum Gasteiger partial charge on any atom is 0.406 e. The molecule has 1 fully saturated rings. The van der Waals surface area contributed by atoms with Crippen LogP contribution in [0.4, 0.5) is 13.2 Å². The monoisotopic (exact) mass is 328 g/mol. The topological polar surface area (TPSA) is 49.4 Å². The van der Waals surface area contributed by atoms with E-state index in [1.54, 1.807) is 0 Å². The van der Waals surface area contributed by atoms with E-state index in [9.17, 15) is 22.8 Å². The first-order valence-electron chi connectivity index (χ1n) is 7.42. The van der Waals surface area contributed by atoms with Crippen LogP contribution in [0.2, 0.25) is 0 Å². The molecule has 1 N–H and O–H groups in total. The third-order valence-electron chi connectivity index (χ3n) is 3.75. The van der Waals surface area contributed by atoms with E-state index < -0.39 is 24.5 Å². The van der Waals surface area contributed by atoms with E-state index in [1.165, 1.54) is 0 Å². The van der Waals surface area contributed by atoms with Gasteiger partial charge in [-0.15, -0.1) is 0 Å². The number of nitrogens with one attached hydrogen (secondary N) is 1. The van der Waals surface area contributed by atoms with Crippen LogP contribution in [0, 0.1) is 12.8 Å². The van der Waals surface area contributed by atoms with Gasteiger partial charge in [0.15, 0.2) is 0 Å². The molecule has 0 aromatic heterocycles. The largest absolute Gasteiger partial charge is 0.406 e. The molecule has 2 amide bonds. The highest BCUT2D eigenvalue weighted by Crippen LogP contribution is 2.23. The van der Waals surface area contributed by atoms with Crippen molar-refractivity contribution in [2.45, 2.75) is 25.9 Å². The number of carbonyl (C=O) groups is 2. The summed E-state index contributed by atoms with van der Waals surface area (Å²) >= 11 is 0. The van der Waals surface area contributed by atoms with E-state index in [4.69, 9.17) is 0 Å². The molecule has 0 spiro atoms. The van der Waals surface area contributed by atoms with Crippen LogP contribution in [0.25, 0.3) is 0 Å². The first kappa shape index (κ1) is 17.3. The molecule has 1 aromatic rings. The number of rotatable bonds is 5. The highest BCUT2D eigenvalue weighted by atomic mass is 19.4. The van der Waals surface area contributed by atoms with Gasteiger partial charge in [0, 0.05) is 19.5 Å². The van der Waals surface area contributed by atoms with Gasteiger partial charge in [-0.05, 0) is 18.9 Å². The minimum absolute atomic E-state index is 0.160. The molecule has 1 aliphatic heterocycles. The van der Waals surface area contributed by atoms with Gasteiger partial charge >= 0.3 is 6.18 Å². The van der Waals surface area contributed by atoms with Gasteiger partial charge in [-0.1, -0.05) is 29.8 Å². The van der Waals surface area contributed by atoms with Crippen LogP contribution in [0.15, 0.2) is 24.3 Å². The lowest BCUT2D eigenvalue weighted by Gasteiger charge is -2.18. The Morgan fingerprint density at radius 2 is 2.13 bits per heavy atom. The SMILES string of the molecule is Cc1cccc(CCNC(=O)[C@H]2CC(=O)N(CC(F)(F)F)C2)c1. The van der Waals surface area contributed by atoms with E-state index in [-0.39, 0.29) is 18.9 Å². The Labute approximate surface area is 132 Å². The summed E-state index contributed by atoms with van der Waals surface area (Å²) in [5, 5.41) is 2.70. The Morgan fingerprint density at radius 1 is 1.39 bits per heavy atom. The second kappa shape index (κ2) is 7.02. The van der Waals surface area contributed by atoms with Crippen molar-refractivity contribution in [1.29, 1.82) is 0 Å². The summed E-state index contributed by atoms with van der Waals surface area (Å²) in [5.74, 6) is -1.70. The number of benzene rings is 1. The van der Waals surface area contributed by atoms with Gasteiger partial charge in [-0.2, -0.15) is 13.2 Å². The molecule has 0 bridgehead atoms. The van der Waals surface area contributed by atoms with Crippen LogP contribution in [-0.4, -0.2) is 42.5 Å². The van der Waals surface area contributed by atoms with Crippen molar-refractivity contribution in [1.82, 2.24) is 10.2 Å². The summed E-state index contributed by atoms with van der Waals surface area (Å²) in [7, 11) is 0. The number of likely N-dealkylation sites (tertiary alicyclic amines) is 1. The third kappa shape index (κ3) is 5.26. The molecule has 7 heteroatoms. The number of halogens is 3. The summed E-state index contributed by atoms with van der Waals surface area (Å²) in [6.07, 6.45) is -3.96. The van der Waals surface area contributed by atoms with Crippen molar-refractivity contribution < 1.29 is 22.8 Å². The fraction of sp³-hybridized carbons (Fsp3) is 0.500. The van der Waals surface area contributed by atoms with Gasteiger partial charge in [0.05, 0.1) is 5.92 Å². The van der Waals surface area contributed by atoms with Crippen molar-refractivity contribution >= 4 is 11.8 Å². The van der Waals surface area contributed by atoms with Crippen molar-refractivity contribution in [2.24, 2.45) is 5.92 Å². The summed E-state index contributed by atoms with van der Waals surface area (Å²) in [6, 6.07) is 7.86. The molecular formula is C16H19F3N2O2. The number of aryl methyl sites for hydroxylation is 1. The average Bonchev–Trinajstić information content (AvgIpc) is 2.78. The number of hydrogen-bond donors (Lipinski definition) is 1. The maximum atomic E-state index is 12.3. The summed E-state index contributed by atoms with van der Waals surface area (Å²) in [5.41, 5.74) is 2.20. The molecule has 1 saturated heterocycles. The first-order chi connectivity index (χ1) is 10.7. The summed E-state index contributed by atoms with van der Waals surface area (Å²) < 4.78 is 37.0. The van der Waals surface area contributed by atoms with Gasteiger partial charge in [-0.25, -0.2) is 0 Å². The molecule has 4 nitrogen and oxygen atoms in total. The summed E-state index contributed by atoms with van der Waals surface area (Å²) in [4.78, 5) is 24.2. The van der Waals surface area contributed by atoms with Gasteiger partial charge in [-0.3, -0.25) is 9.59 Å². The van der Waals surface area contributed by atoms with Gasteiger partial charge in [0.25, 0.3) is 0 Å². The second-order valence-corrected chi connectivity index (χ2v) is 5.82. The predicted molar refractivity (Wildman–Crippen MR) is 78.6 cm³/mol. The first-order valence-corrected chi connectivity index (χ1v) is 7.42. The molecule has 1 aromatic carbocycles. The highest BCUT2D eigenvalue weighted by Gasteiger charge is 2.40. The van der Waals surface area contributed by atoms with Crippen LogP contribution in [0.3, 0.4) is 0 Å². The van der Waals surface area contributed by atoms with Crippen molar-refractivity contribution in [3.05, 3.63) is 35.4 Å². The number of hydrogen-bond acceptors (Lipinski definition) is 2. The quantitative estimate of drug-likeness (QED) is 0.899. The van der Waals surface area contributed by atoms with E-state index in [2.05, 4.69) is 5.32 Å². The Balaban J connectivity index is 1.79. The molecule has 126 valence electrons. The minimum Gasteiger partial charge on any atom is -0.355 e. The molecule has 0 unspecified atom stereocenters. The molecule has 0 saturated carbocycles. The molecule has 0 aliphatic carbocycles. The van der Waals surface area contributed by atoms with Gasteiger partial charge < -0.3 is 10.2 Å². The zero-order valence-electron chi connectivity index (χ0n) is 12.8. The number of alkyl halides is 3. The molecule has 1 heterocycles. The molecule has 1 atom stereocenters. The number of nitrogens with zero attached hydrogens (tertiary/aromatic N) is 1. The fourth-order valence-corrected chi connectivity index (χ4v) is 2.66. The Hall–Kier alpha value is -2.05. The van der Waals surface area contributed by atoms with Crippen LogP contribution >= 0.6 is 0 Å². The standard InChI is InChI=1S/C16H19F3N2O2/c1-11-3-2-4-12(7-11)5-6-20-15(23)13-8-14(22)21(9-13)10-16(17,18)19/h2-4,7,13H,5-6,8-10H2,1H3,(H,20,23)/t13-/m0/s1. The van der Waals surface area contributed by atoms with E-state index in [0.717, 1.165) is 11.1 Å². The predicted octanol–water partition coefficient (Wildman–Crippen LogP) is 2.06. The molecule has 1 aliphatic rings. The lowest BCUT2D eigenvalue weighted by Crippen LogP contribution is -2.37. The van der Waals surface area contributed by atoms with E-state index in [1.807, 2.05) is 31.2 Å². The van der Waals surface area contributed by atoms with Gasteiger partial charge in [0.1, 0.15) is 6.54 Å². The zero-order valence-corrected chi connectivity index (χ0v) is 12.8. The normalized spacial score (nSPS) is 18.3. The lowest BCUT2D eigenvalue weighted by atomic mass is 10.1. The molecular weight excluding hydrogens is 309 g/mol. The highest BCUT2D eigenvalue weighted by molar-refractivity contribution is 5.89. The second-order valence-electron chi connectivity index (χ2n) is 5.82. The van der Waals surface area contributed by atoms with Crippen molar-refractivity contribution in [3.8, 4) is 0 Å². The number of amides is 2. The fourth-order valence-electron chi connectivity index (χ4n) is 2.66. The zero-order chi connectivity index (χ0) is 17.0. The Bertz CT molecular complexity index is 587. The third-order valence-corrected chi connectivity index (χ3v) is 3.75. The van der Waals surface area contributed by atoms with Crippen molar-refractivity contribution in [3.63, 3.8) is 0 Å². The average molecular weight is 328 g/mol. The van der Waals surface area contributed by atoms with Gasteiger partial charge in [0.2, 0.25) is 11.8 Å². The van der Waals surface area contributed by atoms with E-state index >= 15 is 0 Å². The molecule has 0 radical (unpaired) electrons. The van der Waals surface area contributed by atoms with Crippen LogP contribution in [0.1, 0.15) is 17.5 Å². The number of carbonyl (C=O) groups excluding carboxylic acids is 2. The minimum atomic E-state index is -4.44. The van der Waals surface area contributed by atoms with Crippen molar-refractivity contribution in [2.75, 3.05) is 19.6 Å². The Morgan fingerprint density at radius 3 is 2.78 bits per heavy atom. The van der Waals surface area contributed by atoms with Crippen LogP contribution < -0.4 is 5.32 Å². The maximum absolute atomic E-state index is 12.3. The lowest BCUT2D eigenvalue weighted by molar-refractivity contribution is -0.157.